The molecule has 3 aliphatic rings. The van der Waals surface area contributed by atoms with Gasteiger partial charge in [-0.3, -0.25) is 9.59 Å². The Morgan fingerprint density at radius 2 is 2.04 bits per heavy atom. The third kappa shape index (κ3) is 2.89. The maximum absolute atomic E-state index is 12.9. The molecule has 1 N–H and O–H groups in total. The molecule has 0 aromatic heterocycles. The van der Waals surface area contributed by atoms with E-state index in [0.717, 1.165) is 24.2 Å². The Kier molecular flexibility index (Phi) is 4.19. The van der Waals surface area contributed by atoms with Gasteiger partial charge in [0, 0.05) is 24.1 Å². The molecule has 2 unspecified atom stereocenters. The van der Waals surface area contributed by atoms with Crippen molar-refractivity contribution in [1.29, 1.82) is 0 Å². The van der Waals surface area contributed by atoms with Crippen molar-refractivity contribution in [2.75, 3.05) is 13.2 Å². The Labute approximate surface area is 163 Å². The summed E-state index contributed by atoms with van der Waals surface area (Å²) in [5.74, 6) is 1.46. The monoisotopic (exact) mass is 378 g/mol. The Balaban J connectivity index is 1.30. The second-order valence-electron chi connectivity index (χ2n) is 7.53. The normalized spacial score (nSPS) is 23.1. The van der Waals surface area contributed by atoms with Crippen LogP contribution < -0.4 is 14.8 Å². The van der Waals surface area contributed by atoms with Gasteiger partial charge in [0.05, 0.1) is 6.54 Å². The summed E-state index contributed by atoms with van der Waals surface area (Å²) in [7, 11) is 0. The van der Waals surface area contributed by atoms with E-state index in [1.165, 1.54) is 5.56 Å². The lowest BCUT2D eigenvalue weighted by Crippen LogP contribution is -2.50. The smallest absolute Gasteiger partial charge is 0.255 e. The van der Waals surface area contributed by atoms with Crippen LogP contribution in [0, 0.1) is 0 Å². The molecule has 0 aliphatic carbocycles. The highest BCUT2D eigenvalue weighted by atomic mass is 16.5. The fourth-order valence-electron chi connectivity index (χ4n) is 4.30. The van der Waals surface area contributed by atoms with Gasteiger partial charge < -0.3 is 19.7 Å². The van der Waals surface area contributed by atoms with Gasteiger partial charge in [0.1, 0.15) is 30.3 Å². The van der Waals surface area contributed by atoms with Crippen LogP contribution in [0.4, 0.5) is 0 Å². The number of hydrogen-bond donors (Lipinski definition) is 1. The summed E-state index contributed by atoms with van der Waals surface area (Å²) in [4.78, 5) is 26.8. The number of piperidine rings is 1. The molecule has 3 heterocycles. The highest BCUT2D eigenvalue weighted by Crippen LogP contribution is 2.34. The maximum atomic E-state index is 12.9. The zero-order valence-corrected chi connectivity index (χ0v) is 15.5. The summed E-state index contributed by atoms with van der Waals surface area (Å²) < 4.78 is 12.0. The number of benzene rings is 2. The molecule has 2 amide bonds. The van der Waals surface area contributed by atoms with Crippen molar-refractivity contribution >= 4 is 11.8 Å². The Morgan fingerprint density at radius 1 is 1.14 bits per heavy atom. The van der Waals surface area contributed by atoms with Crippen LogP contribution in [0.1, 0.15) is 34.3 Å². The third-order valence-electron chi connectivity index (χ3n) is 5.72. The first-order chi connectivity index (χ1) is 13.7. The quantitative estimate of drug-likeness (QED) is 0.887. The van der Waals surface area contributed by atoms with Crippen LogP contribution in [0.15, 0.2) is 42.5 Å². The number of hydrogen-bond acceptors (Lipinski definition) is 4. The van der Waals surface area contributed by atoms with Crippen LogP contribution in [0.5, 0.6) is 11.5 Å². The molecular formula is C22H22N2O4. The molecule has 0 spiro atoms. The summed E-state index contributed by atoms with van der Waals surface area (Å²) >= 11 is 0. The van der Waals surface area contributed by atoms with Crippen molar-refractivity contribution in [2.24, 2.45) is 0 Å². The molecule has 2 atom stereocenters. The summed E-state index contributed by atoms with van der Waals surface area (Å²) in [6, 6.07) is 13.2. The van der Waals surface area contributed by atoms with Crippen LogP contribution in [0.25, 0.3) is 0 Å². The highest BCUT2D eigenvalue weighted by molar-refractivity contribution is 6.01. The number of carbonyl (C=O) groups is 2. The van der Waals surface area contributed by atoms with E-state index in [2.05, 4.69) is 11.4 Å². The first-order valence-corrected chi connectivity index (χ1v) is 9.78. The molecule has 1 saturated heterocycles. The van der Waals surface area contributed by atoms with E-state index in [1.54, 1.807) is 4.90 Å². The van der Waals surface area contributed by atoms with Crippen molar-refractivity contribution in [2.45, 2.75) is 38.0 Å². The number of para-hydroxylation sites is 1. The molecule has 0 saturated carbocycles. The van der Waals surface area contributed by atoms with Gasteiger partial charge in [-0.05, 0) is 36.6 Å². The number of ether oxygens (including phenoxy) is 2. The molecule has 144 valence electrons. The summed E-state index contributed by atoms with van der Waals surface area (Å²) in [6.07, 6.45) is 2.37. The lowest BCUT2D eigenvalue weighted by atomic mass is 10.1. The zero-order chi connectivity index (χ0) is 19.1. The molecule has 3 aliphatic heterocycles. The average Bonchev–Trinajstić information content (AvgIpc) is 3.28. The number of carbonyl (C=O) groups excluding carboxylic acids is 2. The van der Waals surface area contributed by atoms with Gasteiger partial charge in [-0.25, -0.2) is 0 Å². The summed E-state index contributed by atoms with van der Waals surface area (Å²) in [5.41, 5.74) is 2.69. The number of nitrogens with zero attached hydrogens (tertiary/aromatic N) is 1. The van der Waals surface area contributed by atoms with Crippen molar-refractivity contribution in [1.82, 2.24) is 10.2 Å². The molecule has 0 radical (unpaired) electrons. The molecule has 2 aromatic carbocycles. The van der Waals surface area contributed by atoms with E-state index >= 15 is 0 Å². The fourth-order valence-corrected chi connectivity index (χ4v) is 4.30. The minimum Gasteiger partial charge on any atom is -0.489 e. The van der Waals surface area contributed by atoms with Gasteiger partial charge >= 0.3 is 0 Å². The topological polar surface area (TPSA) is 67.9 Å². The van der Waals surface area contributed by atoms with Crippen molar-refractivity contribution in [3.05, 3.63) is 59.2 Å². The van der Waals surface area contributed by atoms with Gasteiger partial charge in [-0.1, -0.05) is 24.3 Å². The van der Waals surface area contributed by atoms with Gasteiger partial charge in [0.2, 0.25) is 5.91 Å². The van der Waals surface area contributed by atoms with E-state index < -0.39 is 6.04 Å². The molecular weight excluding hydrogens is 356 g/mol. The first kappa shape index (κ1) is 17.1. The van der Waals surface area contributed by atoms with Crippen molar-refractivity contribution in [3.63, 3.8) is 0 Å². The van der Waals surface area contributed by atoms with Gasteiger partial charge in [-0.2, -0.15) is 0 Å². The highest BCUT2D eigenvalue weighted by Gasteiger charge is 2.38. The van der Waals surface area contributed by atoms with Gasteiger partial charge in [0.25, 0.3) is 5.91 Å². The number of fused-ring (bicyclic) bond motifs is 2. The van der Waals surface area contributed by atoms with E-state index in [4.69, 9.17) is 9.47 Å². The molecule has 2 aromatic rings. The molecule has 0 bridgehead atoms. The van der Waals surface area contributed by atoms with Crippen molar-refractivity contribution < 1.29 is 19.1 Å². The van der Waals surface area contributed by atoms with Crippen LogP contribution in [-0.2, 0) is 17.8 Å². The van der Waals surface area contributed by atoms with Crippen LogP contribution >= 0.6 is 0 Å². The molecule has 5 rings (SSSR count). The standard InChI is InChI=1S/C22H22N2O4/c25-21-18(7-4-10-23-21)24-12-17-16(22(24)26)6-3-9-20(17)27-13-15-11-14-5-1-2-8-19(14)28-15/h1-3,5-6,8-9,15,18H,4,7,10-13H2,(H,23,25). The SMILES string of the molecule is O=C1NCCCC1N1Cc2c(OCC3Cc4ccccc4O3)cccc2C1=O. The second-order valence-corrected chi connectivity index (χ2v) is 7.53. The minimum atomic E-state index is -0.394. The lowest BCUT2D eigenvalue weighted by Gasteiger charge is -2.30. The van der Waals surface area contributed by atoms with Crippen molar-refractivity contribution in [3.8, 4) is 11.5 Å². The fraction of sp³-hybridized carbons (Fsp3) is 0.364. The van der Waals surface area contributed by atoms with E-state index in [0.29, 0.717) is 37.4 Å². The third-order valence-corrected chi connectivity index (χ3v) is 5.72. The van der Waals surface area contributed by atoms with E-state index in [9.17, 15) is 9.59 Å². The van der Waals surface area contributed by atoms with E-state index in [-0.39, 0.29) is 17.9 Å². The Morgan fingerprint density at radius 3 is 2.89 bits per heavy atom. The Hall–Kier alpha value is -3.02. The number of amides is 2. The van der Waals surface area contributed by atoms with Gasteiger partial charge in [-0.15, -0.1) is 0 Å². The largest absolute Gasteiger partial charge is 0.489 e. The van der Waals surface area contributed by atoms with E-state index in [1.807, 2.05) is 36.4 Å². The van der Waals surface area contributed by atoms with Crippen LogP contribution in [0.3, 0.4) is 0 Å². The number of nitrogens with one attached hydrogen (secondary N) is 1. The molecule has 1 fully saturated rings. The maximum Gasteiger partial charge on any atom is 0.255 e. The predicted molar refractivity (Wildman–Crippen MR) is 102 cm³/mol. The van der Waals surface area contributed by atoms with Crippen LogP contribution in [0.2, 0.25) is 0 Å². The first-order valence-electron chi connectivity index (χ1n) is 9.78. The minimum absolute atomic E-state index is 0.0365. The summed E-state index contributed by atoms with van der Waals surface area (Å²) in [5, 5.41) is 2.86. The molecule has 6 nitrogen and oxygen atoms in total. The molecule has 6 heteroatoms. The van der Waals surface area contributed by atoms with Gasteiger partial charge in [0.15, 0.2) is 0 Å². The lowest BCUT2D eigenvalue weighted by molar-refractivity contribution is -0.127. The second kappa shape index (κ2) is 6.86. The number of rotatable bonds is 4. The average molecular weight is 378 g/mol. The summed E-state index contributed by atoms with van der Waals surface area (Å²) in [6.45, 7) is 1.51. The Bertz CT molecular complexity index is 917. The molecule has 28 heavy (non-hydrogen) atoms. The predicted octanol–water partition coefficient (Wildman–Crippen LogP) is 2.30. The van der Waals surface area contributed by atoms with Crippen LogP contribution in [-0.4, -0.2) is 42.0 Å². The zero-order valence-electron chi connectivity index (χ0n) is 15.5.